The quantitative estimate of drug-likeness (QED) is 0.256. The van der Waals surface area contributed by atoms with Gasteiger partial charge in [0.2, 0.25) is 15.9 Å². The summed E-state index contributed by atoms with van der Waals surface area (Å²) in [7, 11) is -8.12. The van der Waals surface area contributed by atoms with E-state index in [1.54, 1.807) is 24.3 Å². The summed E-state index contributed by atoms with van der Waals surface area (Å²) in [4.78, 5) is 44.6. The van der Waals surface area contributed by atoms with E-state index in [1.807, 2.05) is 0 Å². The monoisotopic (exact) mass is 779 g/mol. The maximum absolute atomic E-state index is 14.1. The Labute approximate surface area is 307 Å². The molecule has 0 saturated carbocycles. The fourth-order valence-corrected chi connectivity index (χ4v) is 9.54. The van der Waals surface area contributed by atoms with Gasteiger partial charge in [0.05, 0.1) is 25.4 Å². The van der Waals surface area contributed by atoms with Gasteiger partial charge in [0.1, 0.15) is 12.1 Å². The van der Waals surface area contributed by atoms with E-state index in [1.165, 1.54) is 30.6 Å². The Hall–Kier alpha value is -3.60. The van der Waals surface area contributed by atoms with Gasteiger partial charge in [-0.2, -0.15) is 4.31 Å². The summed E-state index contributed by atoms with van der Waals surface area (Å²) in [6, 6.07) is 8.27. The summed E-state index contributed by atoms with van der Waals surface area (Å²) < 4.78 is 53.8. The minimum Gasteiger partial charge on any atom is -0.480 e. The third-order valence-corrected chi connectivity index (χ3v) is 12.7. The largest absolute Gasteiger partial charge is 0.480 e. The lowest BCUT2D eigenvalue weighted by Crippen LogP contribution is -2.51. The molecule has 5 rings (SSSR count). The standard InChI is InChI=1S/C34H39Cl2N5O8S2/c1-34(2)12-5-13-40(20-34)23-15-29(41(19-23)51(48,49)25-7-4-6-24(16-25)50(3,46)47)31(42)39-28(33(44)45)14-21-8-10-22(11-9-21)38-32(43)30-26(35)17-37-18-27(30)36/h4,6-11,16-18,23,28-29H,5,12-15,19-20H2,1-3H3,(H,38,43)(H,39,42)(H,44,45)/t23-,28+,29?/m1/s1. The van der Waals surface area contributed by atoms with Crippen LogP contribution in [-0.4, -0.2) is 97.9 Å². The zero-order chi connectivity index (χ0) is 37.3. The average molecular weight is 781 g/mol. The van der Waals surface area contributed by atoms with Crippen molar-refractivity contribution in [3.63, 3.8) is 0 Å². The number of likely N-dealkylation sites (tertiary alicyclic amines) is 1. The van der Waals surface area contributed by atoms with E-state index >= 15 is 0 Å². The fraction of sp³-hybridized carbons (Fsp3) is 0.412. The molecule has 3 aromatic rings. The van der Waals surface area contributed by atoms with Gasteiger partial charge < -0.3 is 15.7 Å². The number of aromatic nitrogens is 1. The van der Waals surface area contributed by atoms with E-state index in [0.717, 1.165) is 36.0 Å². The van der Waals surface area contributed by atoms with Crippen molar-refractivity contribution in [2.24, 2.45) is 5.41 Å². The van der Waals surface area contributed by atoms with Crippen molar-refractivity contribution < 1.29 is 36.3 Å². The van der Waals surface area contributed by atoms with Crippen LogP contribution in [0.15, 0.2) is 70.7 Å². The molecule has 0 bridgehead atoms. The molecule has 3 heterocycles. The zero-order valence-electron chi connectivity index (χ0n) is 28.2. The molecule has 0 radical (unpaired) electrons. The number of hydrogen-bond donors (Lipinski definition) is 3. The molecule has 51 heavy (non-hydrogen) atoms. The summed E-state index contributed by atoms with van der Waals surface area (Å²) in [5, 5.41) is 15.5. The molecule has 2 fully saturated rings. The van der Waals surface area contributed by atoms with E-state index in [9.17, 15) is 36.3 Å². The third kappa shape index (κ3) is 9.07. The van der Waals surface area contributed by atoms with Gasteiger partial charge in [0.15, 0.2) is 9.84 Å². The van der Waals surface area contributed by atoms with Crippen LogP contribution in [0.4, 0.5) is 5.69 Å². The van der Waals surface area contributed by atoms with Crippen LogP contribution in [0.1, 0.15) is 49.0 Å². The molecule has 0 aliphatic carbocycles. The maximum Gasteiger partial charge on any atom is 0.326 e. The van der Waals surface area contributed by atoms with Crippen molar-refractivity contribution in [1.29, 1.82) is 0 Å². The van der Waals surface area contributed by atoms with Crippen LogP contribution in [0.5, 0.6) is 0 Å². The molecule has 2 amide bonds. The number of piperidine rings is 1. The Morgan fingerprint density at radius 2 is 1.67 bits per heavy atom. The zero-order valence-corrected chi connectivity index (χ0v) is 31.3. The van der Waals surface area contributed by atoms with E-state index in [-0.39, 0.29) is 56.2 Å². The van der Waals surface area contributed by atoms with Crippen LogP contribution >= 0.6 is 23.2 Å². The molecule has 2 aliphatic rings. The molecule has 1 aromatic heterocycles. The van der Waals surface area contributed by atoms with E-state index < -0.39 is 49.7 Å². The fourth-order valence-electron chi connectivity index (χ4n) is 6.58. The van der Waals surface area contributed by atoms with Gasteiger partial charge >= 0.3 is 5.97 Å². The smallest absolute Gasteiger partial charge is 0.326 e. The second-order valence-electron chi connectivity index (χ2n) is 13.7. The summed E-state index contributed by atoms with van der Waals surface area (Å²) in [6.07, 6.45) is 5.44. The normalized spacial score (nSPS) is 20.4. The average Bonchev–Trinajstić information content (AvgIpc) is 3.51. The van der Waals surface area contributed by atoms with Gasteiger partial charge in [-0.25, -0.2) is 21.6 Å². The van der Waals surface area contributed by atoms with Gasteiger partial charge in [0, 0.05) is 49.9 Å². The van der Waals surface area contributed by atoms with E-state index in [2.05, 4.69) is 34.4 Å². The molecule has 3 atom stereocenters. The number of amides is 2. The van der Waals surface area contributed by atoms with Crippen molar-refractivity contribution in [3.8, 4) is 0 Å². The third-order valence-electron chi connectivity index (χ3n) is 9.17. The highest BCUT2D eigenvalue weighted by Gasteiger charge is 2.47. The van der Waals surface area contributed by atoms with Crippen LogP contribution in [0.25, 0.3) is 0 Å². The van der Waals surface area contributed by atoms with Crippen LogP contribution in [0.3, 0.4) is 0 Å². The Morgan fingerprint density at radius 1 is 1.02 bits per heavy atom. The van der Waals surface area contributed by atoms with Crippen LogP contribution in [0, 0.1) is 5.41 Å². The number of carbonyl (C=O) groups is 3. The molecule has 2 saturated heterocycles. The van der Waals surface area contributed by atoms with Crippen molar-refractivity contribution in [2.45, 2.75) is 67.4 Å². The molecule has 274 valence electrons. The SMILES string of the molecule is CC1(C)CCCN([C@@H]2CC(C(=O)N[C@@H](Cc3ccc(NC(=O)c4c(Cl)cncc4Cl)cc3)C(=O)O)N(S(=O)(=O)c3cccc(S(C)(=O)=O)c3)C2)C1. The first-order chi connectivity index (χ1) is 23.9. The lowest BCUT2D eigenvalue weighted by Gasteiger charge is -2.41. The number of benzene rings is 2. The van der Waals surface area contributed by atoms with Gasteiger partial charge in [0.25, 0.3) is 5.91 Å². The summed E-state index contributed by atoms with van der Waals surface area (Å²) in [5.41, 5.74) is 0.922. The van der Waals surface area contributed by atoms with Gasteiger partial charge in [-0.15, -0.1) is 0 Å². The molecule has 2 aliphatic heterocycles. The number of carbonyl (C=O) groups excluding carboxylic acids is 2. The number of hydrogen-bond acceptors (Lipinski definition) is 9. The number of carboxylic acid groups (broad SMARTS) is 1. The first-order valence-electron chi connectivity index (χ1n) is 16.1. The van der Waals surface area contributed by atoms with Crippen molar-refractivity contribution >= 4 is 66.5 Å². The first-order valence-corrected chi connectivity index (χ1v) is 20.2. The van der Waals surface area contributed by atoms with Gasteiger partial charge in [-0.3, -0.25) is 19.5 Å². The predicted octanol–water partition coefficient (Wildman–Crippen LogP) is 4.11. The Kier molecular flexibility index (Phi) is 11.5. The molecule has 13 nitrogen and oxygen atoms in total. The molecule has 2 aromatic carbocycles. The van der Waals surface area contributed by atoms with Gasteiger partial charge in [-0.05, 0) is 67.1 Å². The Balaban J connectivity index is 1.36. The molecule has 1 unspecified atom stereocenters. The van der Waals surface area contributed by atoms with Crippen LogP contribution < -0.4 is 10.6 Å². The molecule has 3 N–H and O–H groups in total. The second kappa shape index (κ2) is 15.2. The predicted molar refractivity (Wildman–Crippen MR) is 192 cm³/mol. The summed E-state index contributed by atoms with van der Waals surface area (Å²) >= 11 is 12.2. The Bertz CT molecular complexity index is 2020. The highest BCUT2D eigenvalue weighted by Crippen LogP contribution is 2.35. The molecule has 17 heteroatoms. The van der Waals surface area contributed by atoms with Crippen molar-refractivity contribution in [1.82, 2.24) is 19.5 Å². The highest BCUT2D eigenvalue weighted by atomic mass is 35.5. The topological polar surface area (TPSA) is 183 Å². The maximum atomic E-state index is 14.1. The van der Waals surface area contributed by atoms with Crippen LogP contribution in [-0.2, 0) is 35.9 Å². The van der Waals surface area contributed by atoms with E-state index in [0.29, 0.717) is 17.8 Å². The minimum absolute atomic E-state index is 0.0159. The van der Waals surface area contributed by atoms with Crippen molar-refractivity contribution in [2.75, 3.05) is 31.2 Å². The van der Waals surface area contributed by atoms with Crippen molar-refractivity contribution in [3.05, 3.63) is 82.1 Å². The minimum atomic E-state index is -4.39. The number of pyridine rings is 1. The summed E-state index contributed by atoms with van der Waals surface area (Å²) in [6.45, 7) is 5.65. The number of halogens is 2. The lowest BCUT2D eigenvalue weighted by molar-refractivity contribution is -0.142. The molecule has 0 spiro atoms. The van der Waals surface area contributed by atoms with Gasteiger partial charge in [-0.1, -0.05) is 55.2 Å². The number of aliphatic carboxylic acids is 1. The first kappa shape index (κ1) is 38.6. The summed E-state index contributed by atoms with van der Waals surface area (Å²) in [5.74, 6) is -2.68. The number of nitrogens with one attached hydrogen (secondary N) is 2. The highest BCUT2D eigenvalue weighted by molar-refractivity contribution is 7.91. The number of nitrogens with zero attached hydrogens (tertiary/aromatic N) is 3. The number of sulfonamides is 1. The Morgan fingerprint density at radius 3 is 2.27 bits per heavy atom. The molecular formula is C34H39Cl2N5O8S2. The lowest BCUT2D eigenvalue weighted by atomic mass is 9.83. The number of sulfone groups is 1. The second-order valence-corrected chi connectivity index (χ2v) is 18.4. The van der Waals surface area contributed by atoms with E-state index in [4.69, 9.17) is 23.2 Å². The number of carboxylic acids is 1. The van der Waals surface area contributed by atoms with Crippen LogP contribution in [0.2, 0.25) is 10.0 Å². The molecular weight excluding hydrogens is 741 g/mol. The number of rotatable bonds is 11. The number of anilines is 1.